The molecule has 0 aliphatic carbocycles. The molecule has 0 radical (unpaired) electrons. The molecule has 44 heavy (non-hydrogen) atoms. The Hall–Kier alpha value is -3.37. The second-order valence-corrected chi connectivity index (χ2v) is 11.1. The third-order valence-electron chi connectivity index (χ3n) is 6.90. The Morgan fingerprint density at radius 2 is 1.66 bits per heavy atom. The Balaban J connectivity index is 1.32. The van der Waals surface area contributed by atoms with Gasteiger partial charge in [-0.25, -0.2) is 19.3 Å². The van der Waals surface area contributed by atoms with Crippen molar-refractivity contribution >= 4 is 30.9 Å². The lowest BCUT2D eigenvalue weighted by Crippen LogP contribution is -2.40. The maximum Gasteiger partial charge on any atom is 0.472 e. The van der Waals surface area contributed by atoms with Crippen LogP contribution in [0.2, 0.25) is 0 Å². The maximum atomic E-state index is 13.1. The fraction of sp³-hybridized carbons (Fsp3) is 0.636. The number of ether oxygens (including phenoxy) is 4. The smallest absolute Gasteiger partial charge is 0.394 e. The van der Waals surface area contributed by atoms with Gasteiger partial charge in [0, 0.05) is 13.2 Å². The number of phosphoric ester groups is 1. The van der Waals surface area contributed by atoms with Crippen LogP contribution in [0.25, 0.3) is 11.2 Å². The number of nitrogens with zero attached hydrogens (tertiary/aromatic N) is 6. The molecular formula is C22H32N9O12P. The highest BCUT2D eigenvalue weighted by Gasteiger charge is 2.51. The summed E-state index contributed by atoms with van der Waals surface area (Å²) in [5, 5.41) is 20.9. The summed E-state index contributed by atoms with van der Waals surface area (Å²) in [4.78, 5) is 53.1. The maximum absolute atomic E-state index is 13.1. The molecule has 5 rings (SSSR count). The average Bonchev–Trinajstić information content (AvgIpc) is 3.62. The van der Waals surface area contributed by atoms with Crippen molar-refractivity contribution in [3.8, 4) is 0 Å². The topological polar surface area (TPSA) is 297 Å². The Kier molecular flexibility index (Phi) is 9.41. The normalized spacial score (nSPS) is 30.2. The molecule has 0 saturated carbocycles. The van der Waals surface area contributed by atoms with Gasteiger partial charge in [-0.1, -0.05) is 0 Å². The summed E-state index contributed by atoms with van der Waals surface area (Å²) in [6.07, 6.45) is -7.49. The summed E-state index contributed by atoms with van der Waals surface area (Å²) in [6, 6.07) is 0. The largest absolute Gasteiger partial charge is 0.472 e. The summed E-state index contributed by atoms with van der Waals surface area (Å²) >= 11 is 0. The first kappa shape index (κ1) is 32.0. The van der Waals surface area contributed by atoms with Crippen LogP contribution in [0.1, 0.15) is 26.3 Å². The monoisotopic (exact) mass is 645 g/mol. The highest BCUT2D eigenvalue weighted by Crippen LogP contribution is 2.49. The molecule has 0 spiro atoms. The molecule has 0 aromatic carbocycles. The van der Waals surface area contributed by atoms with E-state index in [9.17, 15) is 29.3 Å². The summed E-state index contributed by atoms with van der Waals surface area (Å²) in [5.74, 6) is -0.454. The fourth-order valence-corrected chi connectivity index (χ4v) is 6.00. The van der Waals surface area contributed by atoms with Crippen LogP contribution in [-0.2, 0) is 32.6 Å². The molecule has 22 heteroatoms. The van der Waals surface area contributed by atoms with Gasteiger partial charge in [-0.15, -0.1) is 0 Å². The second-order valence-electron chi connectivity index (χ2n) is 9.66. The number of aliphatic hydroxyl groups excluding tert-OH is 2. The summed E-state index contributed by atoms with van der Waals surface area (Å²) in [7, 11) is -4.97. The summed E-state index contributed by atoms with van der Waals surface area (Å²) in [6.45, 7) is 2.20. The second kappa shape index (κ2) is 12.9. The van der Waals surface area contributed by atoms with E-state index in [2.05, 4.69) is 24.9 Å². The van der Waals surface area contributed by atoms with Crippen molar-refractivity contribution < 1.29 is 47.7 Å². The third kappa shape index (κ3) is 6.24. The molecule has 2 saturated heterocycles. The number of nitrogens with one attached hydrogen (secondary N) is 1. The van der Waals surface area contributed by atoms with E-state index in [0.29, 0.717) is 0 Å². The van der Waals surface area contributed by atoms with E-state index in [4.69, 9.17) is 39.5 Å². The van der Waals surface area contributed by atoms with Crippen molar-refractivity contribution in [1.29, 1.82) is 0 Å². The number of H-pyrrole nitrogens is 1. The SMILES string of the molecule is CCO[C@@H]1[C@H](OP(=O)(O)OC[C@H]2O[C@@H](n3cnc4c(=O)[nH]c(N)nc43)[C@H](OCC)[C@@H]2O)[C@@H](CO)O[C@H]1n1cnc(N)nc1=O. The van der Waals surface area contributed by atoms with E-state index < -0.39 is 81.4 Å². The average molecular weight is 646 g/mol. The summed E-state index contributed by atoms with van der Waals surface area (Å²) in [5.41, 5.74) is 9.73. The molecule has 0 amide bonds. The number of rotatable bonds is 12. The van der Waals surface area contributed by atoms with E-state index in [1.165, 1.54) is 10.9 Å². The van der Waals surface area contributed by atoms with E-state index in [1.54, 1.807) is 13.8 Å². The van der Waals surface area contributed by atoms with E-state index in [-0.39, 0.29) is 36.3 Å². The van der Waals surface area contributed by atoms with Crippen molar-refractivity contribution in [1.82, 2.24) is 34.1 Å². The van der Waals surface area contributed by atoms with Gasteiger partial charge in [0.2, 0.25) is 11.9 Å². The van der Waals surface area contributed by atoms with Crippen molar-refractivity contribution in [2.24, 2.45) is 0 Å². The van der Waals surface area contributed by atoms with Crippen LogP contribution in [0.5, 0.6) is 0 Å². The van der Waals surface area contributed by atoms with Gasteiger partial charge in [0.25, 0.3) is 5.56 Å². The van der Waals surface area contributed by atoms with Gasteiger partial charge in [-0.05, 0) is 13.8 Å². The van der Waals surface area contributed by atoms with Gasteiger partial charge in [0.15, 0.2) is 23.6 Å². The van der Waals surface area contributed by atoms with Gasteiger partial charge in [-0.3, -0.25) is 28.0 Å². The molecule has 3 aromatic rings. The fourth-order valence-electron chi connectivity index (χ4n) is 5.04. The Morgan fingerprint density at radius 1 is 1.00 bits per heavy atom. The quantitative estimate of drug-likeness (QED) is 0.110. The van der Waals surface area contributed by atoms with Crippen molar-refractivity contribution in [2.45, 2.75) is 62.9 Å². The Morgan fingerprint density at radius 3 is 2.34 bits per heavy atom. The number of aromatic amines is 1. The molecule has 21 nitrogen and oxygen atoms in total. The molecule has 9 atom stereocenters. The number of anilines is 2. The number of imidazole rings is 1. The van der Waals surface area contributed by atoms with Crippen LogP contribution in [0.4, 0.5) is 11.9 Å². The van der Waals surface area contributed by atoms with Gasteiger partial charge in [-0.2, -0.15) is 9.97 Å². The van der Waals surface area contributed by atoms with Crippen LogP contribution >= 0.6 is 7.82 Å². The highest BCUT2D eigenvalue weighted by atomic mass is 31.2. The minimum absolute atomic E-state index is 0.0346. The number of aliphatic hydroxyl groups is 2. The first-order chi connectivity index (χ1) is 21.0. The lowest BCUT2D eigenvalue weighted by molar-refractivity contribution is -0.0732. The number of fused-ring (bicyclic) bond motifs is 1. The summed E-state index contributed by atoms with van der Waals surface area (Å²) < 4.78 is 49.0. The number of aromatic nitrogens is 7. The Labute approximate surface area is 247 Å². The molecule has 5 heterocycles. The molecule has 2 aliphatic heterocycles. The molecule has 2 fully saturated rings. The van der Waals surface area contributed by atoms with E-state index in [1.807, 2.05) is 0 Å². The number of hydrogen-bond acceptors (Lipinski definition) is 17. The van der Waals surface area contributed by atoms with Crippen LogP contribution in [-0.4, -0.2) is 112 Å². The van der Waals surface area contributed by atoms with Crippen LogP contribution in [0, 0.1) is 0 Å². The molecule has 3 aromatic heterocycles. The predicted octanol–water partition coefficient (Wildman–Crippen LogP) is -2.60. The van der Waals surface area contributed by atoms with Crippen LogP contribution < -0.4 is 22.7 Å². The number of hydrogen-bond donors (Lipinski definition) is 6. The first-order valence-corrected chi connectivity index (χ1v) is 14.9. The third-order valence-corrected chi connectivity index (χ3v) is 7.88. The van der Waals surface area contributed by atoms with Gasteiger partial charge < -0.3 is 45.5 Å². The standard InChI is InChI=1S/C22H32N9O12P/c1-3-38-14-12(33)10(42-18(14)30-7-25-11-16(30)27-21(24)28-17(11)34)6-40-44(36,37)43-13-9(5-32)41-19(15(13)39-4-2)31-8-26-20(23)29-22(31)35/h7-10,12-15,18-19,32-33H,3-6H2,1-2H3,(H,36,37)(H2,23,29,35)(H3,24,27,28,34)/t9-,10-,12-,13-,14-,15-,18-,19-/m1/s1. The van der Waals surface area contributed by atoms with Crippen molar-refractivity contribution in [2.75, 3.05) is 37.9 Å². The molecule has 0 bridgehead atoms. The van der Waals surface area contributed by atoms with Crippen LogP contribution in [0.15, 0.2) is 22.2 Å². The van der Waals surface area contributed by atoms with Crippen molar-refractivity contribution in [3.63, 3.8) is 0 Å². The van der Waals surface area contributed by atoms with E-state index in [0.717, 1.165) is 10.9 Å². The molecule has 2 aliphatic rings. The minimum Gasteiger partial charge on any atom is -0.394 e. The number of nitrogen functional groups attached to an aromatic ring is 2. The zero-order valence-corrected chi connectivity index (χ0v) is 24.3. The van der Waals surface area contributed by atoms with Gasteiger partial charge in [0.1, 0.15) is 43.0 Å². The Bertz CT molecular complexity index is 1630. The zero-order chi connectivity index (χ0) is 31.8. The van der Waals surface area contributed by atoms with E-state index >= 15 is 0 Å². The molecule has 1 unspecified atom stereocenters. The molecule has 8 N–H and O–H groups in total. The highest BCUT2D eigenvalue weighted by molar-refractivity contribution is 7.47. The minimum atomic E-state index is -4.97. The van der Waals surface area contributed by atoms with Crippen molar-refractivity contribution in [3.05, 3.63) is 33.5 Å². The van der Waals surface area contributed by atoms with Gasteiger partial charge in [0.05, 0.1) is 19.5 Å². The number of nitrogens with two attached hydrogens (primary N) is 2. The molecular weight excluding hydrogens is 613 g/mol. The zero-order valence-electron chi connectivity index (χ0n) is 23.4. The molecule has 242 valence electrons. The lowest BCUT2D eigenvalue weighted by atomic mass is 10.1. The predicted molar refractivity (Wildman–Crippen MR) is 146 cm³/mol. The first-order valence-electron chi connectivity index (χ1n) is 13.4. The van der Waals surface area contributed by atoms with Gasteiger partial charge >= 0.3 is 13.5 Å². The van der Waals surface area contributed by atoms with Crippen LogP contribution in [0.3, 0.4) is 0 Å². The lowest BCUT2D eigenvalue weighted by Gasteiger charge is -2.26. The number of phosphoric acid groups is 1.